The summed E-state index contributed by atoms with van der Waals surface area (Å²) in [6.07, 6.45) is 7.75. The van der Waals surface area contributed by atoms with E-state index in [1.54, 1.807) is 0 Å². The SMILES string of the molecule is c1ccc(COc2ccc(CCC3CC4CCCCN4O3)cc2)cc1. The molecule has 0 N–H and O–H groups in total. The van der Waals surface area contributed by atoms with Gasteiger partial charge in [-0.2, -0.15) is 5.06 Å². The predicted octanol–water partition coefficient (Wildman–Crippen LogP) is 4.76. The van der Waals surface area contributed by atoms with Crippen LogP contribution in [0.3, 0.4) is 0 Å². The maximum absolute atomic E-state index is 6.11. The number of aryl methyl sites for hydroxylation is 1. The molecule has 2 unspecified atom stereocenters. The van der Waals surface area contributed by atoms with E-state index in [1.807, 2.05) is 18.2 Å². The van der Waals surface area contributed by atoms with Crippen molar-refractivity contribution < 1.29 is 9.57 Å². The summed E-state index contributed by atoms with van der Waals surface area (Å²) in [5.41, 5.74) is 2.56. The number of nitrogens with zero attached hydrogens (tertiary/aromatic N) is 1. The summed E-state index contributed by atoms with van der Waals surface area (Å²) >= 11 is 0. The van der Waals surface area contributed by atoms with Crippen LogP contribution in [0.15, 0.2) is 54.6 Å². The summed E-state index contributed by atoms with van der Waals surface area (Å²) in [4.78, 5) is 6.11. The number of benzene rings is 2. The molecule has 2 aliphatic heterocycles. The molecule has 3 nitrogen and oxygen atoms in total. The largest absolute Gasteiger partial charge is 0.489 e. The average Bonchev–Trinajstić information content (AvgIpc) is 3.09. The Morgan fingerprint density at radius 3 is 2.60 bits per heavy atom. The number of hydrogen-bond donors (Lipinski definition) is 0. The molecule has 0 saturated carbocycles. The Morgan fingerprint density at radius 1 is 0.960 bits per heavy atom. The highest BCUT2D eigenvalue weighted by atomic mass is 16.7. The van der Waals surface area contributed by atoms with E-state index in [2.05, 4.69) is 41.5 Å². The molecule has 3 heteroatoms. The van der Waals surface area contributed by atoms with Gasteiger partial charge in [-0.3, -0.25) is 4.84 Å². The molecule has 2 aromatic rings. The third-order valence-corrected chi connectivity index (χ3v) is 5.32. The molecule has 0 bridgehead atoms. The third-order valence-electron chi connectivity index (χ3n) is 5.32. The van der Waals surface area contributed by atoms with E-state index in [0.717, 1.165) is 25.1 Å². The van der Waals surface area contributed by atoms with Gasteiger partial charge >= 0.3 is 0 Å². The van der Waals surface area contributed by atoms with Crippen LogP contribution in [0.4, 0.5) is 0 Å². The average molecular weight is 337 g/mol. The van der Waals surface area contributed by atoms with Gasteiger partial charge in [0.2, 0.25) is 0 Å². The minimum atomic E-state index is 0.400. The van der Waals surface area contributed by atoms with Crippen molar-refractivity contribution in [1.82, 2.24) is 5.06 Å². The van der Waals surface area contributed by atoms with Crippen molar-refractivity contribution in [3.05, 3.63) is 65.7 Å². The van der Waals surface area contributed by atoms with Gasteiger partial charge in [0.05, 0.1) is 6.10 Å². The predicted molar refractivity (Wildman–Crippen MR) is 99.4 cm³/mol. The monoisotopic (exact) mass is 337 g/mol. The first-order valence-corrected chi connectivity index (χ1v) is 9.56. The van der Waals surface area contributed by atoms with E-state index in [0.29, 0.717) is 18.8 Å². The molecule has 2 aliphatic rings. The van der Waals surface area contributed by atoms with Crippen LogP contribution in [0.1, 0.15) is 43.2 Å². The fourth-order valence-corrected chi connectivity index (χ4v) is 3.88. The van der Waals surface area contributed by atoms with Crippen LogP contribution in [-0.4, -0.2) is 23.8 Å². The van der Waals surface area contributed by atoms with Crippen molar-refractivity contribution in [2.24, 2.45) is 0 Å². The number of hydrogen-bond acceptors (Lipinski definition) is 3. The zero-order valence-electron chi connectivity index (χ0n) is 14.8. The smallest absolute Gasteiger partial charge is 0.119 e. The van der Waals surface area contributed by atoms with Gasteiger partial charge in [0, 0.05) is 12.6 Å². The Hall–Kier alpha value is -1.84. The van der Waals surface area contributed by atoms with Crippen LogP contribution in [0.25, 0.3) is 0 Å². The molecule has 0 radical (unpaired) electrons. The maximum Gasteiger partial charge on any atom is 0.119 e. The molecule has 2 aromatic carbocycles. The van der Waals surface area contributed by atoms with Gasteiger partial charge in [0.25, 0.3) is 0 Å². The third kappa shape index (κ3) is 4.42. The fourth-order valence-electron chi connectivity index (χ4n) is 3.88. The molecule has 0 spiro atoms. The quantitative estimate of drug-likeness (QED) is 0.759. The highest BCUT2D eigenvalue weighted by Gasteiger charge is 2.34. The Balaban J connectivity index is 1.23. The lowest BCUT2D eigenvalue weighted by Crippen LogP contribution is -2.32. The van der Waals surface area contributed by atoms with Crippen LogP contribution < -0.4 is 4.74 Å². The Bertz CT molecular complexity index is 641. The van der Waals surface area contributed by atoms with Crippen molar-refractivity contribution in [3.8, 4) is 5.75 Å². The second kappa shape index (κ2) is 8.03. The van der Waals surface area contributed by atoms with Gasteiger partial charge < -0.3 is 4.74 Å². The molecular formula is C22H27NO2. The van der Waals surface area contributed by atoms with E-state index >= 15 is 0 Å². The minimum Gasteiger partial charge on any atom is -0.489 e. The molecule has 4 rings (SSSR count). The van der Waals surface area contributed by atoms with Gasteiger partial charge in [-0.15, -0.1) is 0 Å². The van der Waals surface area contributed by atoms with Crippen molar-refractivity contribution in [3.63, 3.8) is 0 Å². The summed E-state index contributed by atoms with van der Waals surface area (Å²) in [7, 11) is 0. The molecular weight excluding hydrogens is 310 g/mol. The summed E-state index contributed by atoms with van der Waals surface area (Å²) < 4.78 is 5.86. The van der Waals surface area contributed by atoms with Gasteiger partial charge in [0.1, 0.15) is 12.4 Å². The lowest BCUT2D eigenvalue weighted by atomic mass is 9.97. The lowest BCUT2D eigenvalue weighted by Gasteiger charge is -2.26. The summed E-state index contributed by atoms with van der Waals surface area (Å²) in [5.74, 6) is 0.932. The molecule has 2 heterocycles. The fraction of sp³-hybridized carbons (Fsp3) is 0.455. The van der Waals surface area contributed by atoms with Crippen LogP contribution in [0, 0.1) is 0 Å². The summed E-state index contributed by atoms with van der Waals surface area (Å²) in [6.45, 7) is 1.74. The molecule has 25 heavy (non-hydrogen) atoms. The first kappa shape index (κ1) is 16.6. The molecule has 2 saturated heterocycles. The normalized spacial score (nSPS) is 23.4. The molecule has 0 aliphatic carbocycles. The maximum atomic E-state index is 6.11. The van der Waals surface area contributed by atoms with E-state index in [-0.39, 0.29) is 0 Å². The van der Waals surface area contributed by atoms with Gasteiger partial charge in [0.15, 0.2) is 0 Å². The van der Waals surface area contributed by atoms with Crippen LogP contribution in [0.5, 0.6) is 5.75 Å². The second-order valence-corrected chi connectivity index (χ2v) is 7.21. The van der Waals surface area contributed by atoms with Crippen molar-refractivity contribution >= 4 is 0 Å². The van der Waals surface area contributed by atoms with Gasteiger partial charge in [-0.1, -0.05) is 48.9 Å². The zero-order chi connectivity index (χ0) is 16.9. The molecule has 2 atom stereocenters. The van der Waals surface area contributed by atoms with Crippen molar-refractivity contribution in [2.75, 3.05) is 6.54 Å². The zero-order valence-corrected chi connectivity index (χ0v) is 14.8. The number of piperidine rings is 1. The number of ether oxygens (including phenoxy) is 1. The first-order chi connectivity index (χ1) is 12.4. The highest BCUT2D eigenvalue weighted by Crippen LogP contribution is 2.31. The van der Waals surface area contributed by atoms with Crippen LogP contribution in [-0.2, 0) is 17.9 Å². The van der Waals surface area contributed by atoms with Gasteiger partial charge in [-0.25, -0.2) is 0 Å². The Morgan fingerprint density at radius 2 is 1.80 bits per heavy atom. The summed E-state index contributed by atoms with van der Waals surface area (Å²) in [5, 5.41) is 2.24. The standard InChI is InChI=1S/C22H27NO2/c1-2-6-19(7-3-1)17-24-21-12-9-18(10-13-21)11-14-22-16-20-8-4-5-15-23(20)25-22/h1-3,6-7,9-10,12-13,20,22H,4-5,8,11,14-17H2. The molecule has 0 aromatic heterocycles. The summed E-state index contributed by atoms with van der Waals surface area (Å²) in [6, 6.07) is 19.5. The number of rotatable bonds is 6. The van der Waals surface area contributed by atoms with Gasteiger partial charge in [-0.05, 0) is 55.4 Å². The molecule has 132 valence electrons. The van der Waals surface area contributed by atoms with Crippen LogP contribution in [0.2, 0.25) is 0 Å². The number of hydroxylamine groups is 2. The van der Waals surface area contributed by atoms with E-state index in [1.165, 1.54) is 36.8 Å². The van der Waals surface area contributed by atoms with Crippen molar-refractivity contribution in [2.45, 2.75) is 57.3 Å². The van der Waals surface area contributed by atoms with E-state index in [4.69, 9.17) is 9.57 Å². The molecule has 0 amide bonds. The van der Waals surface area contributed by atoms with E-state index in [9.17, 15) is 0 Å². The Labute approximate surface area is 150 Å². The van der Waals surface area contributed by atoms with Crippen molar-refractivity contribution in [1.29, 1.82) is 0 Å². The number of fused-ring (bicyclic) bond motifs is 1. The topological polar surface area (TPSA) is 21.7 Å². The Kier molecular flexibility index (Phi) is 5.34. The second-order valence-electron chi connectivity index (χ2n) is 7.21. The lowest BCUT2D eigenvalue weighted by molar-refractivity contribution is -0.172. The first-order valence-electron chi connectivity index (χ1n) is 9.56. The minimum absolute atomic E-state index is 0.400. The molecule has 2 fully saturated rings. The highest BCUT2D eigenvalue weighted by molar-refractivity contribution is 5.28. The van der Waals surface area contributed by atoms with Crippen LogP contribution >= 0.6 is 0 Å². The van der Waals surface area contributed by atoms with E-state index < -0.39 is 0 Å².